The number of amides is 1. The second kappa shape index (κ2) is 10.3. The molecule has 1 fully saturated rings. The van der Waals surface area contributed by atoms with Gasteiger partial charge in [0.2, 0.25) is 5.91 Å². The topological polar surface area (TPSA) is 110 Å². The summed E-state index contributed by atoms with van der Waals surface area (Å²) in [5, 5.41) is 27.4. The first-order valence-electron chi connectivity index (χ1n) is 11.9. The lowest BCUT2D eigenvalue weighted by Gasteiger charge is -2.62. The highest BCUT2D eigenvalue weighted by Gasteiger charge is 2.70. The van der Waals surface area contributed by atoms with Crippen LogP contribution in [-0.2, 0) is 4.79 Å². The number of azide groups is 1. The van der Waals surface area contributed by atoms with Crippen LogP contribution in [0.25, 0.3) is 10.4 Å². The number of hydrogen-bond acceptors (Lipinski definition) is 4. The van der Waals surface area contributed by atoms with E-state index in [1.165, 1.54) is 0 Å². The summed E-state index contributed by atoms with van der Waals surface area (Å²) in [5.41, 5.74) is 9.77. The van der Waals surface area contributed by atoms with E-state index in [4.69, 9.17) is 5.53 Å². The second-order valence-electron chi connectivity index (χ2n) is 8.98. The van der Waals surface area contributed by atoms with Gasteiger partial charge in [-0.25, -0.2) is 0 Å². The molecular weight excluding hydrogens is 440 g/mol. The molecule has 1 heterocycles. The van der Waals surface area contributed by atoms with Crippen molar-refractivity contribution in [1.29, 1.82) is 0 Å². The minimum absolute atomic E-state index is 0.309. The molecule has 7 heteroatoms. The Labute approximate surface area is 205 Å². The fraction of sp³-hybridized carbons (Fsp3) is 0.321. The molecule has 2 N–H and O–H groups in total. The summed E-state index contributed by atoms with van der Waals surface area (Å²) >= 11 is 0. The normalized spacial score (nSPS) is 22.9. The van der Waals surface area contributed by atoms with Crippen LogP contribution in [0.4, 0.5) is 0 Å². The molecule has 1 saturated heterocycles. The zero-order chi connectivity index (χ0) is 25.0. The van der Waals surface area contributed by atoms with E-state index in [1.807, 2.05) is 73.7 Å². The van der Waals surface area contributed by atoms with E-state index >= 15 is 0 Å². The first-order valence-corrected chi connectivity index (χ1v) is 11.9. The third kappa shape index (κ3) is 4.08. The van der Waals surface area contributed by atoms with Crippen molar-refractivity contribution in [2.45, 2.75) is 50.6 Å². The number of benzene rings is 3. The van der Waals surface area contributed by atoms with Crippen LogP contribution < -0.4 is 0 Å². The van der Waals surface area contributed by atoms with Gasteiger partial charge in [-0.15, -0.1) is 0 Å². The van der Waals surface area contributed by atoms with E-state index in [1.54, 1.807) is 36.1 Å². The van der Waals surface area contributed by atoms with Gasteiger partial charge in [0.1, 0.15) is 5.41 Å². The van der Waals surface area contributed by atoms with Gasteiger partial charge in [-0.1, -0.05) is 103 Å². The molecule has 3 aromatic rings. The molecule has 7 nitrogen and oxygen atoms in total. The van der Waals surface area contributed by atoms with Crippen LogP contribution in [0.3, 0.4) is 0 Å². The predicted molar refractivity (Wildman–Crippen MR) is 134 cm³/mol. The number of β-lactam (4-membered cyclic amide) rings is 1. The van der Waals surface area contributed by atoms with Gasteiger partial charge in [-0.05, 0) is 35.6 Å². The first-order chi connectivity index (χ1) is 17.0. The van der Waals surface area contributed by atoms with Gasteiger partial charge < -0.3 is 15.1 Å². The Bertz CT molecular complexity index is 1180. The van der Waals surface area contributed by atoms with Crippen molar-refractivity contribution >= 4 is 5.91 Å². The van der Waals surface area contributed by atoms with Crippen molar-refractivity contribution in [3.8, 4) is 0 Å². The van der Waals surface area contributed by atoms with E-state index in [0.29, 0.717) is 12.0 Å². The lowest BCUT2D eigenvalue weighted by molar-refractivity contribution is -0.222. The molecule has 35 heavy (non-hydrogen) atoms. The third-order valence-corrected chi connectivity index (χ3v) is 7.19. The van der Waals surface area contributed by atoms with Crippen LogP contribution in [0.2, 0.25) is 0 Å². The number of carbonyl (C=O) groups excluding carboxylic acids is 1. The fourth-order valence-electron chi connectivity index (χ4n) is 5.37. The number of rotatable bonds is 9. The van der Waals surface area contributed by atoms with Crippen LogP contribution in [0, 0.1) is 5.41 Å². The highest BCUT2D eigenvalue weighted by molar-refractivity contribution is 5.93. The van der Waals surface area contributed by atoms with Gasteiger partial charge in [0.15, 0.2) is 0 Å². The molecule has 1 amide bonds. The number of nitrogens with zero attached hydrogens (tertiary/aromatic N) is 4. The molecule has 0 aliphatic carbocycles. The van der Waals surface area contributed by atoms with Crippen molar-refractivity contribution in [3.63, 3.8) is 0 Å². The summed E-state index contributed by atoms with van der Waals surface area (Å²) in [6.07, 6.45) is -2.41. The lowest BCUT2D eigenvalue weighted by Crippen LogP contribution is -2.72. The molecule has 1 aliphatic rings. The van der Waals surface area contributed by atoms with Crippen LogP contribution in [0.15, 0.2) is 96.1 Å². The maximum absolute atomic E-state index is 14.2. The lowest BCUT2D eigenvalue weighted by atomic mass is 9.57. The number of hydrogen-bond donors (Lipinski definition) is 2. The summed E-state index contributed by atoms with van der Waals surface area (Å²) < 4.78 is 0. The monoisotopic (exact) mass is 470 g/mol. The van der Waals surface area contributed by atoms with Gasteiger partial charge in [0.25, 0.3) is 0 Å². The molecule has 2 unspecified atom stereocenters. The molecule has 4 rings (SSSR count). The van der Waals surface area contributed by atoms with Crippen LogP contribution in [0.5, 0.6) is 0 Å². The van der Waals surface area contributed by atoms with Crippen molar-refractivity contribution < 1.29 is 15.0 Å². The predicted octanol–water partition coefficient (Wildman–Crippen LogP) is 5.50. The number of carbonyl (C=O) groups is 1. The summed E-state index contributed by atoms with van der Waals surface area (Å²) in [5.74, 6) is -0.377. The van der Waals surface area contributed by atoms with Crippen molar-refractivity contribution in [2.75, 3.05) is 0 Å². The smallest absolute Gasteiger partial charge is 0.237 e. The Morgan fingerprint density at radius 2 is 1.46 bits per heavy atom. The molecular formula is C28H30N4O3. The van der Waals surface area contributed by atoms with Crippen molar-refractivity contribution in [3.05, 3.63) is 118 Å². The fourth-order valence-corrected chi connectivity index (χ4v) is 5.37. The number of likely N-dealkylation sites (tertiary alicyclic amines) is 1. The SMILES string of the molecule is CCC(N=[N+]=[N-])[C@@H](O)C1([C@H](O)c2ccccc2)C(=O)N([C@@H](C)c2ccccc2)[C@H]1c1ccccc1. The van der Waals surface area contributed by atoms with Crippen LogP contribution in [-0.4, -0.2) is 33.2 Å². The molecule has 6 atom stereocenters. The minimum Gasteiger partial charge on any atom is -0.391 e. The molecule has 0 bridgehead atoms. The molecule has 0 saturated carbocycles. The van der Waals surface area contributed by atoms with E-state index in [0.717, 1.165) is 11.1 Å². The second-order valence-corrected chi connectivity index (χ2v) is 8.98. The zero-order valence-electron chi connectivity index (χ0n) is 19.8. The quantitative estimate of drug-likeness (QED) is 0.186. The van der Waals surface area contributed by atoms with Crippen LogP contribution >= 0.6 is 0 Å². The number of aliphatic hydroxyl groups excluding tert-OH is 2. The summed E-state index contributed by atoms with van der Waals surface area (Å²) in [4.78, 5) is 18.9. The van der Waals surface area contributed by atoms with Crippen molar-refractivity contribution in [1.82, 2.24) is 4.90 Å². The van der Waals surface area contributed by atoms with Gasteiger partial charge in [-0.3, -0.25) is 4.79 Å². The maximum Gasteiger partial charge on any atom is 0.237 e. The van der Waals surface area contributed by atoms with Gasteiger partial charge in [0.05, 0.1) is 30.3 Å². The molecule has 3 aromatic carbocycles. The Morgan fingerprint density at radius 3 is 1.97 bits per heavy atom. The van der Waals surface area contributed by atoms with Gasteiger partial charge in [-0.2, -0.15) is 0 Å². The van der Waals surface area contributed by atoms with Gasteiger partial charge >= 0.3 is 0 Å². The maximum atomic E-state index is 14.2. The minimum atomic E-state index is -1.64. The molecule has 0 spiro atoms. The van der Waals surface area contributed by atoms with E-state index in [9.17, 15) is 15.0 Å². The molecule has 0 aromatic heterocycles. The molecule has 180 valence electrons. The van der Waals surface area contributed by atoms with E-state index < -0.39 is 29.7 Å². The van der Waals surface area contributed by atoms with Gasteiger partial charge in [0, 0.05) is 4.91 Å². The summed E-state index contributed by atoms with van der Waals surface area (Å²) in [6, 6.07) is 26.1. The molecule has 0 radical (unpaired) electrons. The Morgan fingerprint density at radius 1 is 0.943 bits per heavy atom. The molecule has 1 aliphatic heterocycles. The summed E-state index contributed by atoms with van der Waals surface area (Å²) in [6.45, 7) is 3.73. The van der Waals surface area contributed by atoms with Crippen LogP contribution in [0.1, 0.15) is 55.1 Å². The zero-order valence-corrected chi connectivity index (χ0v) is 19.8. The van der Waals surface area contributed by atoms with E-state index in [-0.39, 0.29) is 11.9 Å². The Hall–Kier alpha value is -3.64. The average molecular weight is 471 g/mol. The third-order valence-electron chi connectivity index (χ3n) is 7.19. The highest BCUT2D eigenvalue weighted by Crippen LogP contribution is 2.62. The first kappa shape index (κ1) is 24.5. The summed E-state index contributed by atoms with van der Waals surface area (Å²) in [7, 11) is 0. The standard InChI is InChI=1S/C28H30N4O3/c1-3-23(30-31-29)26(34)28(25(33)22-17-11-6-12-18-22)24(21-15-9-5-10-16-21)32(27(28)35)19(2)20-13-7-4-8-14-20/h4-19,23-26,33-34H,3H2,1-2H3/t19-,23?,24-,25+,26+,28?/m0/s1. The Balaban J connectivity index is 1.92. The average Bonchev–Trinajstić information content (AvgIpc) is 2.91. The van der Waals surface area contributed by atoms with Crippen molar-refractivity contribution in [2.24, 2.45) is 10.5 Å². The highest BCUT2D eigenvalue weighted by atomic mass is 16.3. The van der Waals surface area contributed by atoms with E-state index in [2.05, 4.69) is 10.0 Å². The number of aliphatic hydroxyl groups is 2. The largest absolute Gasteiger partial charge is 0.391 e. The Kier molecular flexibility index (Phi) is 7.22.